The molecule has 112 valence electrons. The summed E-state index contributed by atoms with van der Waals surface area (Å²) in [6, 6.07) is 12.4. The second-order valence-electron chi connectivity index (χ2n) is 4.84. The third-order valence-corrected chi connectivity index (χ3v) is 3.42. The molecule has 0 bridgehead atoms. The molecule has 1 amide bonds. The van der Waals surface area contributed by atoms with E-state index in [1.165, 1.54) is 6.26 Å². The maximum Gasteiger partial charge on any atom is 0.276 e. The third kappa shape index (κ3) is 3.04. The van der Waals surface area contributed by atoms with Crippen molar-refractivity contribution < 1.29 is 13.7 Å². The summed E-state index contributed by atoms with van der Waals surface area (Å²) in [6.07, 6.45) is 1.53. The van der Waals surface area contributed by atoms with E-state index in [2.05, 4.69) is 5.16 Å². The van der Waals surface area contributed by atoms with E-state index < -0.39 is 0 Å². The number of hydrogen-bond acceptors (Lipinski definition) is 4. The Hall–Kier alpha value is -2.53. The van der Waals surface area contributed by atoms with Crippen LogP contribution in [0.5, 0.6) is 0 Å². The molecule has 0 radical (unpaired) electrons. The van der Waals surface area contributed by atoms with Crippen LogP contribution in [0.1, 0.15) is 16.1 Å². The molecule has 0 aliphatic carbocycles. The van der Waals surface area contributed by atoms with Gasteiger partial charge in [0.1, 0.15) is 0 Å². The van der Waals surface area contributed by atoms with Gasteiger partial charge >= 0.3 is 0 Å². The highest BCUT2D eigenvalue weighted by molar-refractivity contribution is 6.30. The lowest BCUT2D eigenvalue weighted by molar-refractivity contribution is 0.0775. The molecule has 22 heavy (non-hydrogen) atoms. The monoisotopic (exact) mass is 316 g/mol. The number of aromatic nitrogens is 1. The van der Waals surface area contributed by atoms with Crippen LogP contribution in [0.2, 0.25) is 5.02 Å². The first kappa shape index (κ1) is 14.4. The third-order valence-electron chi connectivity index (χ3n) is 3.17. The van der Waals surface area contributed by atoms with Gasteiger partial charge in [0.2, 0.25) is 5.76 Å². The number of benzene rings is 1. The Morgan fingerprint density at radius 1 is 1.23 bits per heavy atom. The molecule has 0 saturated carbocycles. The summed E-state index contributed by atoms with van der Waals surface area (Å²) in [6.45, 7) is 0.457. The van der Waals surface area contributed by atoms with Gasteiger partial charge in [-0.3, -0.25) is 4.79 Å². The Kier molecular flexibility index (Phi) is 3.98. The minimum absolute atomic E-state index is 0.225. The second-order valence-corrected chi connectivity index (χ2v) is 5.28. The van der Waals surface area contributed by atoms with Crippen molar-refractivity contribution in [3.8, 4) is 11.5 Å². The average Bonchev–Trinajstić information content (AvgIpc) is 3.19. The Labute approximate surface area is 132 Å². The molecule has 2 heterocycles. The minimum Gasteiger partial charge on any atom is -0.461 e. The summed E-state index contributed by atoms with van der Waals surface area (Å²) in [5.41, 5.74) is 1.22. The van der Waals surface area contributed by atoms with Gasteiger partial charge in [-0.15, -0.1) is 0 Å². The number of nitrogens with zero attached hydrogens (tertiary/aromatic N) is 2. The summed E-state index contributed by atoms with van der Waals surface area (Å²) >= 11 is 5.85. The SMILES string of the molecule is CN(Cc1ccc(Cl)cc1)C(=O)c1cc(-c2ccco2)on1. The van der Waals surface area contributed by atoms with Crippen molar-refractivity contribution in [2.45, 2.75) is 6.54 Å². The second kappa shape index (κ2) is 6.07. The number of carbonyl (C=O) groups excluding carboxylic acids is 1. The van der Waals surface area contributed by atoms with Crippen LogP contribution in [-0.4, -0.2) is 23.0 Å². The van der Waals surface area contributed by atoms with Crippen LogP contribution >= 0.6 is 11.6 Å². The van der Waals surface area contributed by atoms with Crippen LogP contribution < -0.4 is 0 Å². The highest BCUT2D eigenvalue weighted by Gasteiger charge is 2.18. The number of amides is 1. The fraction of sp³-hybridized carbons (Fsp3) is 0.125. The van der Waals surface area contributed by atoms with E-state index in [1.54, 1.807) is 42.3 Å². The van der Waals surface area contributed by atoms with Crippen molar-refractivity contribution in [2.75, 3.05) is 7.05 Å². The summed E-state index contributed by atoms with van der Waals surface area (Å²) in [5, 5.41) is 4.47. The lowest BCUT2D eigenvalue weighted by Crippen LogP contribution is -2.26. The van der Waals surface area contributed by atoms with Gasteiger partial charge in [-0.25, -0.2) is 0 Å². The molecule has 3 aromatic rings. The maximum atomic E-state index is 12.3. The topological polar surface area (TPSA) is 59.5 Å². The smallest absolute Gasteiger partial charge is 0.276 e. The fourth-order valence-electron chi connectivity index (χ4n) is 2.04. The number of rotatable bonds is 4. The fourth-order valence-corrected chi connectivity index (χ4v) is 2.17. The molecule has 0 spiro atoms. The lowest BCUT2D eigenvalue weighted by atomic mass is 10.2. The van der Waals surface area contributed by atoms with Crippen molar-refractivity contribution in [3.63, 3.8) is 0 Å². The first-order chi connectivity index (χ1) is 10.6. The van der Waals surface area contributed by atoms with E-state index >= 15 is 0 Å². The highest BCUT2D eigenvalue weighted by Crippen LogP contribution is 2.21. The number of carbonyl (C=O) groups is 1. The van der Waals surface area contributed by atoms with Gasteiger partial charge < -0.3 is 13.8 Å². The normalized spacial score (nSPS) is 10.6. The van der Waals surface area contributed by atoms with Crippen LogP contribution in [0.4, 0.5) is 0 Å². The molecule has 0 fully saturated rings. The maximum absolute atomic E-state index is 12.3. The molecule has 0 saturated heterocycles. The molecule has 2 aromatic heterocycles. The van der Waals surface area contributed by atoms with Crippen molar-refractivity contribution in [1.29, 1.82) is 0 Å². The van der Waals surface area contributed by atoms with Crippen molar-refractivity contribution >= 4 is 17.5 Å². The van der Waals surface area contributed by atoms with Gasteiger partial charge in [0, 0.05) is 24.7 Å². The molecule has 0 N–H and O–H groups in total. The molecule has 3 rings (SSSR count). The van der Waals surface area contributed by atoms with E-state index in [4.69, 9.17) is 20.5 Å². The van der Waals surface area contributed by atoms with E-state index in [9.17, 15) is 4.79 Å². The van der Waals surface area contributed by atoms with E-state index in [-0.39, 0.29) is 11.6 Å². The Morgan fingerprint density at radius 3 is 2.68 bits per heavy atom. The highest BCUT2D eigenvalue weighted by atomic mass is 35.5. The first-order valence-corrected chi connectivity index (χ1v) is 7.02. The van der Waals surface area contributed by atoms with E-state index in [1.807, 2.05) is 12.1 Å². The molecule has 0 unspecified atom stereocenters. The molecule has 0 aliphatic heterocycles. The standard InChI is InChI=1S/C16H13ClN2O3/c1-19(10-11-4-6-12(17)7-5-11)16(20)13-9-15(22-18-13)14-3-2-8-21-14/h2-9H,10H2,1H3. The van der Waals surface area contributed by atoms with Gasteiger partial charge in [0.15, 0.2) is 11.5 Å². The van der Waals surface area contributed by atoms with Gasteiger partial charge in [0.25, 0.3) is 5.91 Å². The Bertz CT molecular complexity index is 763. The van der Waals surface area contributed by atoms with E-state index in [0.717, 1.165) is 5.56 Å². The molecule has 1 aromatic carbocycles. The zero-order chi connectivity index (χ0) is 15.5. The molecular formula is C16H13ClN2O3. The van der Waals surface area contributed by atoms with Gasteiger partial charge in [-0.1, -0.05) is 28.9 Å². The predicted octanol–water partition coefficient (Wildman–Crippen LogP) is 3.86. The number of furan rings is 1. The van der Waals surface area contributed by atoms with E-state index in [0.29, 0.717) is 23.1 Å². The molecule has 6 heteroatoms. The number of halogens is 1. The van der Waals surface area contributed by atoms with Crippen LogP contribution in [0.15, 0.2) is 57.7 Å². The summed E-state index contributed by atoms with van der Waals surface area (Å²) in [5.74, 6) is 0.733. The average molecular weight is 317 g/mol. The molecule has 5 nitrogen and oxygen atoms in total. The quantitative estimate of drug-likeness (QED) is 0.733. The van der Waals surface area contributed by atoms with Gasteiger partial charge in [0.05, 0.1) is 6.26 Å². The lowest BCUT2D eigenvalue weighted by Gasteiger charge is -2.15. The van der Waals surface area contributed by atoms with Crippen molar-refractivity contribution in [2.24, 2.45) is 0 Å². The van der Waals surface area contributed by atoms with Crippen LogP contribution in [0.25, 0.3) is 11.5 Å². The largest absolute Gasteiger partial charge is 0.461 e. The zero-order valence-corrected chi connectivity index (χ0v) is 12.6. The molecule has 0 atom stereocenters. The van der Waals surface area contributed by atoms with Gasteiger partial charge in [-0.05, 0) is 29.8 Å². The van der Waals surface area contributed by atoms with Crippen LogP contribution in [0.3, 0.4) is 0 Å². The summed E-state index contributed by atoms with van der Waals surface area (Å²) < 4.78 is 10.3. The van der Waals surface area contributed by atoms with Crippen molar-refractivity contribution in [3.05, 3.63) is 65.0 Å². The minimum atomic E-state index is -0.225. The summed E-state index contributed by atoms with van der Waals surface area (Å²) in [7, 11) is 1.71. The Morgan fingerprint density at radius 2 is 2.00 bits per heavy atom. The molecular weight excluding hydrogens is 304 g/mol. The predicted molar refractivity (Wildman–Crippen MR) is 81.5 cm³/mol. The van der Waals surface area contributed by atoms with Crippen LogP contribution in [-0.2, 0) is 6.54 Å². The van der Waals surface area contributed by atoms with Gasteiger partial charge in [-0.2, -0.15) is 0 Å². The van der Waals surface area contributed by atoms with Crippen molar-refractivity contribution in [1.82, 2.24) is 10.1 Å². The molecule has 0 aliphatic rings. The first-order valence-electron chi connectivity index (χ1n) is 6.64. The summed E-state index contributed by atoms with van der Waals surface area (Å²) in [4.78, 5) is 13.9. The Balaban J connectivity index is 1.72. The van der Waals surface area contributed by atoms with Crippen LogP contribution in [0, 0.1) is 0 Å². The number of hydrogen-bond donors (Lipinski definition) is 0. The zero-order valence-electron chi connectivity index (χ0n) is 11.8.